The van der Waals surface area contributed by atoms with E-state index in [9.17, 15) is 9.59 Å². The zero-order chi connectivity index (χ0) is 25.5. The molecule has 2 aromatic carbocycles. The predicted octanol–water partition coefficient (Wildman–Crippen LogP) is 2.46. The smallest absolute Gasteiger partial charge is 0.251 e. The van der Waals surface area contributed by atoms with Gasteiger partial charge in [0.1, 0.15) is 18.8 Å². The predicted molar refractivity (Wildman–Crippen MR) is 132 cm³/mol. The lowest BCUT2D eigenvalue weighted by Gasteiger charge is -2.23. The van der Waals surface area contributed by atoms with Crippen molar-refractivity contribution >= 4 is 17.5 Å². The molecule has 1 aliphatic carbocycles. The highest BCUT2D eigenvalue weighted by molar-refractivity contribution is 5.98. The molecule has 11 heteroatoms. The highest BCUT2D eigenvalue weighted by Gasteiger charge is 2.24. The third-order valence-electron chi connectivity index (χ3n) is 6.06. The Hall–Kier alpha value is -4.15. The Bertz CT molecular complexity index is 1210. The maximum Gasteiger partial charge on any atom is 0.251 e. The molecule has 1 aromatic heterocycles. The molecule has 0 bridgehead atoms. The van der Waals surface area contributed by atoms with Gasteiger partial charge in [-0.25, -0.2) is 0 Å². The zero-order valence-electron chi connectivity index (χ0n) is 20.6. The minimum Gasteiger partial charge on any atom is -0.497 e. The molecule has 4 rings (SSSR count). The monoisotopic (exact) mass is 494 g/mol. The molecule has 0 unspecified atom stereocenters. The molecule has 1 aliphatic rings. The topological polar surface area (TPSA) is 121 Å². The van der Waals surface area contributed by atoms with E-state index in [1.165, 1.54) is 9.70 Å². The molecule has 0 atom stereocenters. The molecule has 1 N–H and O–H groups in total. The third kappa shape index (κ3) is 5.91. The first kappa shape index (κ1) is 25.0. The number of amides is 2. The number of tetrazole rings is 1. The number of carbonyl (C=O) groups excluding carboxylic acids is 2. The molecule has 0 radical (unpaired) electrons. The number of ether oxygens (including phenoxy) is 3. The maximum atomic E-state index is 13.4. The van der Waals surface area contributed by atoms with Crippen LogP contribution in [0.1, 0.15) is 25.7 Å². The minimum absolute atomic E-state index is 0.125. The van der Waals surface area contributed by atoms with Gasteiger partial charge in [-0.15, -0.1) is 10.2 Å². The molecule has 0 aliphatic heterocycles. The van der Waals surface area contributed by atoms with Gasteiger partial charge in [0.05, 0.1) is 21.3 Å². The van der Waals surface area contributed by atoms with Gasteiger partial charge in [-0.05, 0) is 48.4 Å². The molecule has 36 heavy (non-hydrogen) atoms. The summed E-state index contributed by atoms with van der Waals surface area (Å²) in [7, 11) is 4.65. The Morgan fingerprint density at radius 3 is 2.53 bits per heavy atom. The number of benzene rings is 2. The van der Waals surface area contributed by atoms with Crippen molar-refractivity contribution in [1.29, 1.82) is 0 Å². The number of carbonyl (C=O) groups is 2. The van der Waals surface area contributed by atoms with E-state index < -0.39 is 0 Å². The standard InChI is InChI=1S/C25H30N6O5/c1-34-20-10-6-9-19(14-20)30(15-23(32)26-18-7-4-5-8-18)24(33)16-31-28-25(27-29-31)17-11-12-21(35-2)22(13-17)36-3/h6,9-14,18H,4-5,7-8,15-16H2,1-3H3,(H,26,32). The summed E-state index contributed by atoms with van der Waals surface area (Å²) in [6.07, 6.45) is 4.12. The van der Waals surface area contributed by atoms with E-state index in [0.29, 0.717) is 34.3 Å². The molecule has 1 fully saturated rings. The van der Waals surface area contributed by atoms with Crippen molar-refractivity contribution in [2.45, 2.75) is 38.3 Å². The first-order valence-electron chi connectivity index (χ1n) is 11.7. The molecule has 190 valence electrons. The van der Waals surface area contributed by atoms with Crippen LogP contribution in [-0.4, -0.2) is 65.9 Å². The first-order valence-corrected chi connectivity index (χ1v) is 11.7. The van der Waals surface area contributed by atoms with Crippen LogP contribution < -0.4 is 24.4 Å². The van der Waals surface area contributed by atoms with Crippen LogP contribution in [0.25, 0.3) is 11.4 Å². The number of anilines is 1. The summed E-state index contributed by atoms with van der Waals surface area (Å²) >= 11 is 0. The van der Waals surface area contributed by atoms with E-state index in [1.807, 2.05) is 0 Å². The average Bonchev–Trinajstić information content (AvgIpc) is 3.59. The SMILES string of the molecule is COc1cccc(N(CC(=O)NC2CCCC2)C(=O)Cn2nnc(-c3ccc(OC)c(OC)c3)n2)c1. The van der Waals surface area contributed by atoms with Gasteiger partial charge in [-0.2, -0.15) is 4.80 Å². The van der Waals surface area contributed by atoms with Gasteiger partial charge >= 0.3 is 0 Å². The Morgan fingerprint density at radius 1 is 1.03 bits per heavy atom. The highest BCUT2D eigenvalue weighted by atomic mass is 16.5. The van der Waals surface area contributed by atoms with Crippen LogP contribution in [-0.2, 0) is 16.1 Å². The highest BCUT2D eigenvalue weighted by Crippen LogP contribution is 2.30. The quantitative estimate of drug-likeness (QED) is 0.456. The van der Waals surface area contributed by atoms with Gasteiger partial charge in [0.2, 0.25) is 11.7 Å². The Morgan fingerprint density at radius 2 is 1.81 bits per heavy atom. The first-order chi connectivity index (χ1) is 17.5. The summed E-state index contributed by atoms with van der Waals surface area (Å²) in [6.45, 7) is -0.325. The third-order valence-corrected chi connectivity index (χ3v) is 6.06. The van der Waals surface area contributed by atoms with Crippen molar-refractivity contribution in [3.8, 4) is 28.6 Å². The Labute approximate surface area is 209 Å². The summed E-state index contributed by atoms with van der Waals surface area (Å²) < 4.78 is 15.9. The number of aromatic nitrogens is 4. The summed E-state index contributed by atoms with van der Waals surface area (Å²) in [5.74, 6) is 1.44. The van der Waals surface area contributed by atoms with Crippen LogP contribution in [0.15, 0.2) is 42.5 Å². The van der Waals surface area contributed by atoms with Crippen molar-refractivity contribution in [3.63, 3.8) is 0 Å². The van der Waals surface area contributed by atoms with Crippen LogP contribution in [0.5, 0.6) is 17.2 Å². The Kier molecular flexibility index (Phi) is 7.99. The molecule has 1 heterocycles. The molecular formula is C25H30N6O5. The molecule has 1 saturated carbocycles. The zero-order valence-corrected chi connectivity index (χ0v) is 20.6. The number of methoxy groups -OCH3 is 3. The second kappa shape index (κ2) is 11.5. The number of nitrogens with one attached hydrogen (secondary N) is 1. The van der Waals surface area contributed by atoms with Crippen LogP contribution in [0, 0.1) is 0 Å². The van der Waals surface area contributed by atoms with Crippen molar-refractivity contribution < 1.29 is 23.8 Å². The lowest BCUT2D eigenvalue weighted by molar-refractivity contribution is -0.124. The molecule has 11 nitrogen and oxygen atoms in total. The number of nitrogens with zero attached hydrogens (tertiary/aromatic N) is 5. The Balaban J connectivity index is 1.52. The van der Waals surface area contributed by atoms with Crippen LogP contribution >= 0.6 is 0 Å². The lowest BCUT2D eigenvalue weighted by Crippen LogP contribution is -2.44. The van der Waals surface area contributed by atoms with Crippen molar-refractivity contribution in [1.82, 2.24) is 25.5 Å². The minimum atomic E-state index is -0.360. The van der Waals surface area contributed by atoms with Gasteiger partial charge in [0.25, 0.3) is 5.91 Å². The van der Waals surface area contributed by atoms with E-state index in [-0.39, 0.29) is 30.9 Å². The number of hydrogen-bond acceptors (Lipinski definition) is 8. The lowest BCUT2D eigenvalue weighted by atomic mass is 10.2. The molecule has 3 aromatic rings. The van der Waals surface area contributed by atoms with Crippen LogP contribution in [0.3, 0.4) is 0 Å². The van der Waals surface area contributed by atoms with Gasteiger partial charge in [-0.1, -0.05) is 18.9 Å². The largest absolute Gasteiger partial charge is 0.497 e. The second-order valence-corrected chi connectivity index (χ2v) is 8.44. The van der Waals surface area contributed by atoms with Gasteiger partial charge in [0, 0.05) is 23.4 Å². The van der Waals surface area contributed by atoms with Crippen LogP contribution in [0.2, 0.25) is 0 Å². The van der Waals surface area contributed by atoms with E-state index in [2.05, 4.69) is 20.7 Å². The second-order valence-electron chi connectivity index (χ2n) is 8.44. The molecule has 0 spiro atoms. The van der Waals surface area contributed by atoms with Gasteiger partial charge in [-0.3, -0.25) is 9.59 Å². The summed E-state index contributed by atoms with van der Waals surface area (Å²) in [5, 5.41) is 15.5. The maximum absolute atomic E-state index is 13.4. The fourth-order valence-corrected chi connectivity index (χ4v) is 4.20. The van der Waals surface area contributed by atoms with Crippen LogP contribution in [0.4, 0.5) is 5.69 Å². The summed E-state index contributed by atoms with van der Waals surface area (Å²) in [6, 6.07) is 12.4. The van der Waals surface area contributed by atoms with Gasteiger partial charge in [0.15, 0.2) is 11.5 Å². The normalized spacial score (nSPS) is 13.3. The summed E-state index contributed by atoms with van der Waals surface area (Å²) in [5.41, 5.74) is 1.20. The number of hydrogen-bond donors (Lipinski definition) is 1. The van der Waals surface area contributed by atoms with E-state index >= 15 is 0 Å². The molecular weight excluding hydrogens is 464 g/mol. The molecule has 0 saturated heterocycles. The van der Waals surface area contributed by atoms with E-state index in [0.717, 1.165) is 25.7 Å². The van der Waals surface area contributed by atoms with Crippen molar-refractivity contribution in [2.75, 3.05) is 32.8 Å². The van der Waals surface area contributed by atoms with Crippen molar-refractivity contribution in [2.24, 2.45) is 0 Å². The summed E-state index contributed by atoms with van der Waals surface area (Å²) in [4.78, 5) is 28.8. The van der Waals surface area contributed by atoms with Gasteiger partial charge < -0.3 is 24.4 Å². The fraction of sp³-hybridized carbons (Fsp3) is 0.400. The van der Waals surface area contributed by atoms with Crippen molar-refractivity contribution in [3.05, 3.63) is 42.5 Å². The van der Waals surface area contributed by atoms with E-state index in [4.69, 9.17) is 14.2 Å². The fourth-order valence-electron chi connectivity index (χ4n) is 4.20. The average molecular weight is 495 g/mol. The number of rotatable bonds is 10. The molecule has 2 amide bonds. The van der Waals surface area contributed by atoms with E-state index in [1.54, 1.807) is 63.8 Å².